The highest BCUT2D eigenvalue weighted by Gasteiger charge is 2.17. The number of benzene rings is 2. The van der Waals surface area contributed by atoms with Gasteiger partial charge in [0.1, 0.15) is 0 Å². The molecule has 0 fully saturated rings. The number of amides is 1. The smallest absolute Gasteiger partial charge is 0.326 e. The lowest BCUT2D eigenvalue weighted by Gasteiger charge is -2.09. The van der Waals surface area contributed by atoms with E-state index >= 15 is 0 Å². The maximum Gasteiger partial charge on any atom is 0.335 e. The van der Waals surface area contributed by atoms with Crippen molar-refractivity contribution in [3.05, 3.63) is 93.0 Å². The predicted molar refractivity (Wildman–Crippen MR) is 121 cm³/mol. The molecular weight excluding hydrogens is 410 g/mol. The summed E-state index contributed by atoms with van der Waals surface area (Å²) in [5.41, 5.74) is 2.48. The number of carbonyl (C=O) groups is 1. The van der Waals surface area contributed by atoms with Crippen molar-refractivity contribution in [1.29, 1.82) is 0 Å². The van der Waals surface area contributed by atoms with E-state index in [1.165, 1.54) is 22.8 Å². The Hall–Kier alpha value is -4.27. The molecule has 1 amide bonds. The van der Waals surface area contributed by atoms with Gasteiger partial charge < -0.3 is 5.32 Å². The summed E-state index contributed by atoms with van der Waals surface area (Å²) in [6, 6.07) is 16.7. The zero-order valence-corrected chi connectivity index (χ0v) is 17.6. The molecular formula is C23H21N5O4. The second-order valence-corrected chi connectivity index (χ2v) is 7.67. The molecule has 2 aromatic carbocycles. The molecule has 0 atom stereocenters. The van der Waals surface area contributed by atoms with Crippen LogP contribution in [0.4, 0.5) is 11.4 Å². The Morgan fingerprint density at radius 1 is 1.12 bits per heavy atom. The normalized spacial score (nSPS) is 11.1. The van der Waals surface area contributed by atoms with Crippen LogP contribution in [0.1, 0.15) is 19.4 Å². The minimum atomic E-state index is -0.499. The molecule has 4 rings (SSSR count). The van der Waals surface area contributed by atoms with Crippen molar-refractivity contribution in [2.24, 2.45) is 5.92 Å². The van der Waals surface area contributed by atoms with Crippen LogP contribution in [0.2, 0.25) is 0 Å². The van der Waals surface area contributed by atoms with Gasteiger partial charge in [0.05, 0.1) is 22.7 Å². The monoisotopic (exact) mass is 431 g/mol. The van der Waals surface area contributed by atoms with Crippen LogP contribution in [0.5, 0.6) is 0 Å². The molecule has 0 saturated carbocycles. The molecule has 0 saturated heterocycles. The van der Waals surface area contributed by atoms with Crippen molar-refractivity contribution in [3.63, 3.8) is 0 Å². The van der Waals surface area contributed by atoms with Crippen LogP contribution in [0.15, 0.2) is 71.7 Å². The van der Waals surface area contributed by atoms with E-state index < -0.39 is 4.92 Å². The first kappa shape index (κ1) is 21.0. The highest BCUT2D eigenvalue weighted by molar-refractivity contribution is 5.92. The number of pyridine rings is 1. The summed E-state index contributed by atoms with van der Waals surface area (Å²) in [6.45, 7) is 3.92. The topological polar surface area (TPSA) is 112 Å². The molecule has 0 aliphatic carbocycles. The number of non-ortho nitro benzene ring substituents is 1. The summed E-state index contributed by atoms with van der Waals surface area (Å²) >= 11 is 0. The molecule has 0 bridgehead atoms. The zero-order valence-electron chi connectivity index (χ0n) is 17.6. The van der Waals surface area contributed by atoms with Gasteiger partial charge in [-0.1, -0.05) is 32.0 Å². The Morgan fingerprint density at radius 2 is 1.88 bits per heavy atom. The number of anilines is 1. The molecule has 2 heterocycles. The summed E-state index contributed by atoms with van der Waals surface area (Å²) in [5.74, 6) is -0.194. The van der Waals surface area contributed by atoms with Gasteiger partial charge in [-0.2, -0.15) is 0 Å². The maximum atomic E-state index is 13.3. The minimum absolute atomic E-state index is 0.0694. The number of nitro benzene ring substituents is 1. The summed E-state index contributed by atoms with van der Waals surface area (Å²) in [7, 11) is 0. The molecule has 9 nitrogen and oxygen atoms in total. The molecule has 0 aliphatic heterocycles. The van der Waals surface area contributed by atoms with Gasteiger partial charge in [-0.05, 0) is 35.9 Å². The Labute approximate surface area is 183 Å². The van der Waals surface area contributed by atoms with Crippen LogP contribution in [0, 0.1) is 16.0 Å². The van der Waals surface area contributed by atoms with E-state index in [2.05, 4.69) is 10.3 Å². The quantitative estimate of drug-likeness (QED) is 0.369. The summed E-state index contributed by atoms with van der Waals surface area (Å²) in [5, 5.41) is 14.0. The van der Waals surface area contributed by atoms with Crippen LogP contribution >= 0.6 is 0 Å². The van der Waals surface area contributed by atoms with Gasteiger partial charge in [-0.25, -0.2) is 14.3 Å². The fourth-order valence-corrected chi connectivity index (χ4v) is 3.38. The van der Waals surface area contributed by atoms with Gasteiger partial charge in [0, 0.05) is 29.9 Å². The van der Waals surface area contributed by atoms with Crippen LogP contribution < -0.4 is 11.0 Å². The maximum absolute atomic E-state index is 13.3. The van der Waals surface area contributed by atoms with Crippen molar-refractivity contribution in [1.82, 2.24) is 14.1 Å². The van der Waals surface area contributed by atoms with E-state index in [0.717, 1.165) is 5.56 Å². The number of aromatic nitrogens is 3. The van der Waals surface area contributed by atoms with Crippen LogP contribution in [0.3, 0.4) is 0 Å². The number of rotatable bonds is 6. The van der Waals surface area contributed by atoms with Crippen LogP contribution in [-0.2, 0) is 11.3 Å². The first-order chi connectivity index (χ1) is 15.3. The van der Waals surface area contributed by atoms with E-state index in [0.29, 0.717) is 22.5 Å². The third-order valence-electron chi connectivity index (χ3n) is 5.08. The SMILES string of the molecule is CC(C)C(=O)Nc1ccc(Cn2c(=O)n(-c3cccc([N+](=O)[O-])c3)c3ncccc32)cc1. The first-order valence-corrected chi connectivity index (χ1v) is 10.1. The molecule has 4 aromatic rings. The summed E-state index contributed by atoms with van der Waals surface area (Å²) in [4.78, 5) is 40.2. The first-order valence-electron chi connectivity index (χ1n) is 10.1. The number of carbonyl (C=O) groups excluding carboxylic acids is 1. The fourth-order valence-electron chi connectivity index (χ4n) is 3.38. The number of imidazole rings is 1. The summed E-state index contributed by atoms with van der Waals surface area (Å²) in [6.07, 6.45) is 1.58. The third-order valence-corrected chi connectivity index (χ3v) is 5.08. The van der Waals surface area contributed by atoms with Crippen molar-refractivity contribution < 1.29 is 9.72 Å². The molecule has 162 valence electrons. The van der Waals surface area contributed by atoms with Gasteiger partial charge in [0.2, 0.25) is 5.91 Å². The van der Waals surface area contributed by atoms with E-state index in [-0.39, 0.29) is 29.7 Å². The Bertz CT molecular complexity index is 1370. The van der Waals surface area contributed by atoms with E-state index in [1.54, 1.807) is 41.1 Å². The van der Waals surface area contributed by atoms with Crippen molar-refractivity contribution >= 4 is 28.4 Å². The molecule has 0 unspecified atom stereocenters. The second-order valence-electron chi connectivity index (χ2n) is 7.67. The number of nitrogens with zero attached hydrogens (tertiary/aromatic N) is 4. The van der Waals surface area contributed by atoms with Crippen LogP contribution in [-0.4, -0.2) is 24.9 Å². The largest absolute Gasteiger partial charge is 0.335 e. The van der Waals surface area contributed by atoms with E-state index in [1.807, 2.05) is 26.0 Å². The van der Waals surface area contributed by atoms with Crippen molar-refractivity contribution in [2.75, 3.05) is 5.32 Å². The lowest BCUT2D eigenvalue weighted by molar-refractivity contribution is -0.384. The van der Waals surface area contributed by atoms with Crippen molar-refractivity contribution in [3.8, 4) is 5.69 Å². The van der Waals surface area contributed by atoms with Gasteiger partial charge in [-0.15, -0.1) is 0 Å². The summed E-state index contributed by atoms with van der Waals surface area (Å²) < 4.78 is 2.95. The van der Waals surface area contributed by atoms with E-state index in [9.17, 15) is 19.7 Å². The van der Waals surface area contributed by atoms with Crippen molar-refractivity contribution in [2.45, 2.75) is 20.4 Å². The minimum Gasteiger partial charge on any atom is -0.326 e. The molecule has 32 heavy (non-hydrogen) atoms. The predicted octanol–water partition coefficient (Wildman–Crippen LogP) is 3.74. The average molecular weight is 431 g/mol. The number of hydrogen-bond acceptors (Lipinski definition) is 5. The Balaban J connectivity index is 1.73. The fraction of sp³-hybridized carbons (Fsp3) is 0.174. The number of hydrogen-bond donors (Lipinski definition) is 1. The lowest BCUT2D eigenvalue weighted by Crippen LogP contribution is -2.24. The molecule has 2 aromatic heterocycles. The Morgan fingerprint density at radius 3 is 2.56 bits per heavy atom. The van der Waals surface area contributed by atoms with E-state index in [4.69, 9.17) is 0 Å². The molecule has 0 radical (unpaired) electrons. The van der Waals surface area contributed by atoms with Gasteiger partial charge in [0.15, 0.2) is 5.65 Å². The highest BCUT2D eigenvalue weighted by Crippen LogP contribution is 2.21. The highest BCUT2D eigenvalue weighted by atomic mass is 16.6. The number of fused-ring (bicyclic) bond motifs is 1. The number of nitro groups is 1. The van der Waals surface area contributed by atoms with Crippen LogP contribution in [0.25, 0.3) is 16.9 Å². The Kier molecular flexibility index (Phi) is 5.55. The third kappa shape index (κ3) is 4.00. The molecule has 0 spiro atoms. The second kappa shape index (κ2) is 8.46. The zero-order chi connectivity index (χ0) is 22.8. The molecule has 1 N–H and O–H groups in total. The number of nitrogens with one attached hydrogen (secondary N) is 1. The van der Waals surface area contributed by atoms with Gasteiger partial charge in [-0.3, -0.25) is 19.5 Å². The average Bonchev–Trinajstić information content (AvgIpc) is 3.06. The standard InChI is InChI=1S/C23H21N5O4/c1-15(2)22(29)25-17-10-8-16(9-11-17)14-26-20-7-4-12-24-21(20)27(23(26)30)18-5-3-6-19(13-18)28(31)32/h3-13,15H,14H2,1-2H3,(H,25,29). The molecule has 9 heteroatoms. The lowest BCUT2D eigenvalue weighted by atomic mass is 10.1. The molecule has 0 aliphatic rings. The van der Waals surface area contributed by atoms with Gasteiger partial charge >= 0.3 is 5.69 Å². The van der Waals surface area contributed by atoms with Gasteiger partial charge in [0.25, 0.3) is 5.69 Å².